The maximum absolute atomic E-state index is 13.2. The number of rotatable bonds is 4. The average molecular weight is 345 g/mol. The third-order valence-corrected chi connectivity index (χ3v) is 4.45. The van der Waals surface area contributed by atoms with Crippen LogP contribution in [0.5, 0.6) is 0 Å². The lowest BCUT2D eigenvalue weighted by Crippen LogP contribution is -2.34. The van der Waals surface area contributed by atoms with Crippen LogP contribution in [0.2, 0.25) is 0 Å². The van der Waals surface area contributed by atoms with Crippen molar-refractivity contribution in [2.75, 3.05) is 20.6 Å². The van der Waals surface area contributed by atoms with Gasteiger partial charge in [-0.15, -0.1) is 0 Å². The van der Waals surface area contributed by atoms with E-state index in [2.05, 4.69) is 15.3 Å². The molecule has 0 saturated carbocycles. The SMILES string of the molecule is Cc1cc(F)ccc1CN1CCn2nc(CNC(=O)N(C)C)cc2C1. The third kappa shape index (κ3) is 4.17. The minimum Gasteiger partial charge on any atom is -0.332 e. The number of urea groups is 1. The fourth-order valence-corrected chi connectivity index (χ4v) is 3.00. The summed E-state index contributed by atoms with van der Waals surface area (Å²) >= 11 is 0. The Balaban J connectivity index is 1.62. The summed E-state index contributed by atoms with van der Waals surface area (Å²) in [6.07, 6.45) is 0. The first-order valence-corrected chi connectivity index (χ1v) is 8.40. The van der Waals surface area contributed by atoms with E-state index in [-0.39, 0.29) is 11.8 Å². The van der Waals surface area contributed by atoms with Crippen molar-refractivity contribution in [3.8, 4) is 0 Å². The first-order chi connectivity index (χ1) is 11.9. The molecule has 134 valence electrons. The molecule has 1 aromatic carbocycles. The molecule has 0 radical (unpaired) electrons. The fraction of sp³-hybridized carbons (Fsp3) is 0.444. The zero-order chi connectivity index (χ0) is 18.0. The minimum absolute atomic E-state index is 0.126. The Morgan fingerprint density at radius 1 is 1.32 bits per heavy atom. The third-order valence-electron chi connectivity index (χ3n) is 4.45. The number of halogens is 1. The lowest BCUT2D eigenvalue weighted by Gasteiger charge is -2.28. The van der Waals surface area contributed by atoms with Gasteiger partial charge in [0.1, 0.15) is 5.82 Å². The molecule has 7 heteroatoms. The van der Waals surface area contributed by atoms with Crippen LogP contribution >= 0.6 is 0 Å². The molecule has 0 aliphatic carbocycles. The Morgan fingerprint density at radius 3 is 2.84 bits per heavy atom. The topological polar surface area (TPSA) is 53.4 Å². The molecule has 6 nitrogen and oxygen atoms in total. The van der Waals surface area contributed by atoms with E-state index in [1.807, 2.05) is 23.7 Å². The molecule has 2 heterocycles. The second-order valence-electron chi connectivity index (χ2n) is 6.68. The van der Waals surface area contributed by atoms with Crippen LogP contribution < -0.4 is 5.32 Å². The Hall–Kier alpha value is -2.41. The van der Waals surface area contributed by atoms with Crippen LogP contribution in [0.15, 0.2) is 24.3 Å². The van der Waals surface area contributed by atoms with Crippen molar-refractivity contribution in [2.45, 2.75) is 33.1 Å². The normalized spacial score (nSPS) is 14.2. The summed E-state index contributed by atoms with van der Waals surface area (Å²) in [5, 5.41) is 7.39. The first-order valence-electron chi connectivity index (χ1n) is 8.40. The number of benzene rings is 1. The number of amides is 2. The van der Waals surface area contributed by atoms with Gasteiger partial charge >= 0.3 is 6.03 Å². The van der Waals surface area contributed by atoms with E-state index in [0.717, 1.165) is 48.7 Å². The molecule has 1 aromatic heterocycles. The number of nitrogens with one attached hydrogen (secondary N) is 1. The van der Waals surface area contributed by atoms with Crippen LogP contribution in [0.4, 0.5) is 9.18 Å². The molecule has 25 heavy (non-hydrogen) atoms. The number of carbonyl (C=O) groups excluding carboxylic acids is 1. The number of aryl methyl sites for hydroxylation is 1. The summed E-state index contributed by atoms with van der Waals surface area (Å²) in [5.41, 5.74) is 4.13. The van der Waals surface area contributed by atoms with Gasteiger partial charge in [0, 0.05) is 33.7 Å². The predicted octanol–water partition coefficient (Wildman–Crippen LogP) is 2.12. The van der Waals surface area contributed by atoms with Crippen LogP contribution in [0, 0.1) is 12.7 Å². The zero-order valence-electron chi connectivity index (χ0n) is 14.9. The number of hydrogen-bond acceptors (Lipinski definition) is 3. The number of aromatic nitrogens is 2. The molecule has 2 aromatic rings. The van der Waals surface area contributed by atoms with Crippen molar-refractivity contribution in [3.63, 3.8) is 0 Å². The van der Waals surface area contributed by atoms with Crippen molar-refractivity contribution < 1.29 is 9.18 Å². The van der Waals surface area contributed by atoms with Crippen molar-refractivity contribution in [1.82, 2.24) is 24.9 Å². The monoisotopic (exact) mass is 345 g/mol. The first kappa shape index (κ1) is 17.4. The summed E-state index contributed by atoms with van der Waals surface area (Å²) in [5.74, 6) is -0.192. The molecule has 0 saturated heterocycles. The van der Waals surface area contributed by atoms with Crippen molar-refractivity contribution in [3.05, 3.63) is 52.6 Å². The van der Waals surface area contributed by atoms with E-state index in [1.165, 1.54) is 11.0 Å². The fourth-order valence-electron chi connectivity index (χ4n) is 3.00. The molecule has 0 unspecified atom stereocenters. The molecule has 1 N–H and O–H groups in total. The van der Waals surface area contributed by atoms with E-state index in [4.69, 9.17) is 0 Å². The van der Waals surface area contributed by atoms with Gasteiger partial charge in [0.2, 0.25) is 0 Å². The van der Waals surface area contributed by atoms with E-state index < -0.39 is 0 Å². The number of nitrogens with zero attached hydrogens (tertiary/aromatic N) is 4. The maximum atomic E-state index is 13.2. The lowest BCUT2D eigenvalue weighted by atomic mass is 10.1. The Labute approximate surface area is 147 Å². The van der Waals surface area contributed by atoms with Crippen molar-refractivity contribution in [1.29, 1.82) is 0 Å². The largest absolute Gasteiger partial charge is 0.332 e. The standard InChI is InChI=1S/C18H24FN5O/c1-13-8-15(19)5-4-14(13)11-23-6-7-24-17(12-23)9-16(21-24)10-20-18(25)22(2)3/h4-5,8-9H,6-7,10-12H2,1-3H3,(H,20,25). The number of hydrogen-bond donors (Lipinski definition) is 1. The molecule has 2 amide bonds. The quantitative estimate of drug-likeness (QED) is 0.923. The summed E-state index contributed by atoms with van der Waals surface area (Å²) in [4.78, 5) is 15.5. The molecular formula is C18H24FN5O. The molecule has 0 atom stereocenters. The summed E-state index contributed by atoms with van der Waals surface area (Å²) in [6.45, 7) is 5.67. The van der Waals surface area contributed by atoms with Crippen molar-refractivity contribution in [2.24, 2.45) is 0 Å². The summed E-state index contributed by atoms with van der Waals surface area (Å²) < 4.78 is 15.3. The Bertz CT molecular complexity index is 771. The van der Waals surface area contributed by atoms with Crippen LogP contribution in [0.25, 0.3) is 0 Å². The number of carbonyl (C=O) groups is 1. The van der Waals surface area contributed by atoms with Gasteiger partial charge in [0.05, 0.1) is 24.5 Å². The van der Waals surface area contributed by atoms with Gasteiger partial charge < -0.3 is 10.2 Å². The minimum atomic E-state index is -0.192. The van der Waals surface area contributed by atoms with Crippen LogP contribution in [0.1, 0.15) is 22.5 Å². The molecular weight excluding hydrogens is 321 g/mol. The van der Waals surface area contributed by atoms with Gasteiger partial charge in [-0.05, 0) is 36.2 Å². The highest BCUT2D eigenvalue weighted by Gasteiger charge is 2.19. The molecule has 0 spiro atoms. The van der Waals surface area contributed by atoms with Gasteiger partial charge in [0.25, 0.3) is 0 Å². The lowest BCUT2D eigenvalue weighted by molar-refractivity contribution is 0.204. The van der Waals surface area contributed by atoms with Crippen LogP contribution in [0.3, 0.4) is 0 Å². The summed E-state index contributed by atoms with van der Waals surface area (Å²) in [7, 11) is 3.42. The van der Waals surface area contributed by atoms with Gasteiger partial charge in [-0.2, -0.15) is 5.10 Å². The van der Waals surface area contributed by atoms with Gasteiger partial charge in [-0.25, -0.2) is 9.18 Å². The molecule has 1 aliphatic rings. The van der Waals surface area contributed by atoms with Gasteiger partial charge in [0.15, 0.2) is 0 Å². The molecule has 0 bridgehead atoms. The highest BCUT2D eigenvalue weighted by atomic mass is 19.1. The van der Waals surface area contributed by atoms with E-state index >= 15 is 0 Å². The Kier molecular flexibility index (Phi) is 5.03. The van der Waals surface area contributed by atoms with E-state index in [0.29, 0.717) is 6.54 Å². The highest BCUT2D eigenvalue weighted by molar-refractivity contribution is 5.73. The second-order valence-corrected chi connectivity index (χ2v) is 6.68. The molecule has 1 aliphatic heterocycles. The maximum Gasteiger partial charge on any atom is 0.317 e. The van der Waals surface area contributed by atoms with E-state index in [1.54, 1.807) is 20.2 Å². The van der Waals surface area contributed by atoms with Crippen LogP contribution in [-0.4, -0.2) is 46.3 Å². The smallest absolute Gasteiger partial charge is 0.317 e. The Morgan fingerprint density at radius 2 is 2.12 bits per heavy atom. The van der Waals surface area contributed by atoms with Gasteiger partial charge in [-0.1, -0.05) is 6.07 Å². The second kappa shape index (κ2) is 7.23. The van der Waals surface area contributed by atoms with Crippen LogP contribution in [-0.2, 0) is 26.2 Å². The number of fused-ring (bicyclic) bond motifs is 1. The predicted molar refractivity (Wildman–Crippen MR) is 93.4 cm³/mol. The summed E-state index contributed by atoms with van der Waals surface area (Å²) in [6, 6.07) is 6.87. The molecule has 3 rings (SSSR count). The van der Waals surface area contributed by atoms with Crippen molar-refractivity contribution >= 4 is 6.03 Å². The van der Waals surface area contributed by atoms with Gasteiger partial charge in [-0.3, -0.25) is 9.58 Å². The van der Waals surface area contributed by atoms with E-state index in [9.17, 15) is 9.18 Å². The molecule has 0 fully saturated rings. The highest BCUT2D eigenvalue weighted by Crippen LogP contribution is 2.18. The zero-order valence-corrected chi connectivity index (χ0v) is 14.9. The average Bonchev–Trinajstić information content (AvgIpc) is 2.97.